The van der Waals surface area contributed by atoms with Gasteiger partial charge in [0.2, 0.25) is 0 Å². The first kappa shape index (κ1) is 14.9. The standard InChI is InChI=1S/C15H11Cl2N3O2S/c1-8-6-12-15-14(18-8)13(10-3-2-9(16)7-11(10)17)19-20(15)4-5-23(12,21)22/h2-3,6-7H,4-5H2,1H3. The van der Waals surface area contributed by atoms with Crippen molar-refractivity contribution < 1.29 is 8.42 Å². The molecule has 5 nitrogen and oxygen atoms in total. The van der Waals surface area contributed by atoms with E-state index in [2.05, 4.69) is 10.1 Å². The van der Waals surface area contributed by atoms with E-state index in [-0.39, 0.29) is 10.6 Å². The molecule has 0 N–H and O–H groups in total. The Kier molecular flexibility index (Phi) is 3.20. The number of nitrogens with zero attached hydrogens (tertiary/aromatic N) is 3. The minimum absolute atomic E-state index is 0.0357. The van der Waals surface area contributed by atoms with E-state index in [0.717, 1.165) is 0 Å². The van der Waals surface area contributed by atoms with Gasteiger partial charge in [-0.2, -0.15) is 5.10 Å². The fourth-order valence-electron chi connectivity index (χ4n) is 2.85. The summed E-state index contributed by atoms with van der Waals surface area (Å²) in [5.41, 5.74) is 2.98. The van der Waals surface area contributed by atoms with Crippen LogP contribution < -0.4 is 0 Å². The second-order valence-corrected chi connectivity index (χ2v) is 8.39. The second-order valence-electron chi connectivity index (χ2n) is 5.47. The average Bonchev–Trinajstić information content (AvgIpc) is 2.82. The molecule has 0 saturated heterocycles. The Morgan fingerprint density at radius 3 is 2.74 bits per heavy atom. The summed E-state index contributed by atoms with van der Waals surface area (Å²) in [5.74, 6) is 0.0357. The van der Waals surface area contributed by atoms with Crippen LogP contribution in [-0.2, 0) is 16.4 Å². The maximum atomic E-state index is 12.4. The maximum Gasteiger partial charge on any atom is 0.182 e. The summed E-state index contributed by atoms with van der Waals surface area (Å²) in [4.78, 5) is 4.79. The van der Waals surface area contributed by atoms with Gasteiger partial charge in [-0.25, -0.2) is 13.4 Å². The van der Waals surface area contributed by atoms with Crippen molar-refractivity contribution in [3.8, 4) is 11.3 Å². The van der Waals surface area contributed by atoms with Gasteiger partial charge in [-0.15, -0.1) is 0 Å². The average molecular weight is 368 g/mol. The van der Waals surface area contributed by atoms with Crippen LogP contribution in [0.1, 0.15) is 5.69 Å². The SMILES string of the molecule is Cc1cc2c3c(n1)c(-c1ccc(Cl)cc1Cl)nn3CCS2(=O)=O. The van der Waals surface area contributed by atoms with Crippen molar-refractivity contribution in [2.75, 3.05) is 5.75 Å². The zero-order valence-electron chi connectivity index (χ0n) is 12.0. The van der Waals surface area contributed by atoms with Crippen LogP contribution in [0.15, 0.2) is 29.2 Å². The van der Waals surface area contributed by atoms with Crippen molar-refractivity contribution >= 4 is 44.1 Å². The summed E-state index contributed by atoms with van der Waals surface area (Å²) in [6.07, 6.45) is 0. The van der Waals surface area contributed by atoms with Gasteiger partial charge in [0.25, 0.3) is 0 Å². The molecule has 3 heterocycles. The normalized spacial score (nSPS) is 16.0. The smallest absolute Gasteiger partial charge is 0.182 e. The third-order valence-electron chi connectivity index (χ3n) is 3.88. The molecule has 1 aromatic carbocycles. The van der Waals surface area contributed by atoms with Gasteiger partial charge in [0.15, 0.2) is 9.84 Å². The number of hydrogen-bond donors (Lipinski definition) is 0. The van der Waals surface area contributed by atoms with Gasteiger partial charge in [0, 0.05) is 16.3 Å². The van der Waals surface area contributed by atoms with Gasteiger partial charge in [-0.3, -0.25) is 4.68 Å². The largest absolute Gasteiger partial charge is 0.260 e. The molecular formula is C15H11Cl2N3O2S. The second kappa shape index (κ2) is 4.93. The summed E-state index contributed by atoms with van der Waals surface area (Å²) in [5, 5.41) is 5.53. The Morgan fingerprint density at radius 2 is 2.00 bits per heavy atom. The zero-order valence-corrected chi connectivity index (χ0v) is 14.4. The lowest BCUT2D eigenvalue weighted by atomic mass is 10.1. The number of benzene rings is 1. The van der Waals surface area contributed by atoms with Crippen molar-refractivity contribution in [2.45, 2.75) is 18.4 Å². The molecule has 0 amide bonds. The Labute approximate surface area is 142 Å². The van der Waals surface area contributed by atoms with Crippen molar-refractivity contribution in [3.05, 3.63) is 40.0 Å². The molecule has 0 bridgehead atoms. The van der Waals surface area contributed by atoms with Crippen LogP contribution in [-0.4, -0.2) is 28.9 Å². The Morgan fingerprint density at radius 1 is 1.22 bits per heavy atom. The topological polar surface area (TPSA) is 64.8 Å². The summed E-state index contributed by atoms with van der Waals surface area (Å²) in [7, 11) is -3.31. The molecule has 0 fully saturated rings. The van der Waals surface area contributed by atoms with Gasteiger partial charge in [0.05, 0.1) is 22.2 Å². The van der Waals surface area contributed by atoms with E-state index in [0.29, 0.717) is 44.6 Å². The molecule has 0 radical (unpaired) electrons. The number of pyridine rings is 1. The van der Waals surface area contributed by atoms with Crippen molar-refractivity contribution in [3.63, 3.8) is 0 Å². The molecule has 0 spiro atoms. The number of sulfone groups is 1. The third-order valence-corrected chi connectivity index (χ3v) is 6.13. The quantitative estimate of drug-likeness (QED) is 0.660. The molecule has 1 aliphatic rings. The van der Waals surface area contributed by atoms with Crippen LogP contribution in [0.4, 0.5) is 0 Å². The van der Waals surface area contributed by atoms with Crippen molar-refractivity contribution in [1.82, 2.24) is 14.8 Å². The van der Waals surface area contributed by atoms with E-state index >= 15 is 0 Å². The van der Waals surface area contributed by atoms with Crippen LogP contribution in [0.25, 0.3) is 22.3 Å². The molecule has 118 valence electrons. The predicted octanol–water partition coefficient (Wildman–Crippen LogP) is 3.50. The molecule has 4 rings (SSSR count). The lowest BCUT2D eigenvalue weighted by Gasteiger charge is -2.14. The highest BCUT2D eigenvalue weighted by atomic mass is 35.5. The molecule has 8 heteroatoms. The van der Waals surface area contributed by atoms with Gasteiger partial charge in [-0.05, 0) is 31.2 Å². The lowest BCUT2D eigenvalue weighted by Crippen LogP contribution is -2.20. The number of rotatable bonds is 1. The summed E-state index contributed by atoms with van der Waals surface area (Å²) in [6, 6.07) is 6.73. The van der Waals surface area contributed by atoms with Crippen molar-refractivity contribution in [2.24, 2.45) is 0 Å². The van der Waals surface area contributed by atoms with Gasteiger partial charge < -0.3 is 0 Å². The molecule has 0 aliphatic carbocycles. The maximum absolute atomic E-state index is 12.4. The first-order valence-electron chi connectivity index (χ1n) is 6.93. The summed E-state index contributed by atoms with van der Waals surface area (Å²) in [6.45, 7) is 2.08. The highest BCUT2D eigenvalue weighted by Gasteiger charge is 2.29. The summed E-state index contributed by atoms with van der Waals surface area (Å²) < 4.78 is 26.4. The molecule has 0 saturated carbocycles. The number of halogens is 2. The molecule has 1 aliphatic heterocycles. The fraction of sp³-hybridized carbons (Fsp3) is 0.200. The monoisotopic (exact) mass is 367 g/mol. The van der Waals surface area contributed by atoms with E-state index in [1.165, 1.54) is 0 Å². The van der Waals surface area contributed by atoms with Crippen LogP contribution >= 0.6 is 23.2 Å². The van der Waals surface area contributed by atoms with Crippen LogP contribution in [0.5, 0.6) is 0 Å². The Hall–Kier alpha value is -1.63. The molecule has 23 heavy (non-hydrogen) atoms. The number of aromatic nitrogens is 3. The number of aryl methyl sites for hydroxylation is 2. The number of hydrogen-bond acceptors (Lipinski definition) is 4. The molecule has 3 aromatic rings. The highest BCUT2D eigenvalue weighted by Crippen LogP contribution is 2.37. The van der Waals surface area contributed by atoms with Crippen LogP contribution in [0.2, 0.25) is 10.0 Å². The van der Waals surface area contributed by atoms with E-state index < -0.39 is 9.84 Å². The molecule has 0 atom stereocenters. The minimum atomic E-state index is -3.31. The first-order valence-corrected chi connectivity index (χ1v) is 9.34. The minimum Gasteiger partial charge on any atom is -0.260 e. The molecule has 0 unspecified atom stereocenters. The molecule has 2 aromatic heterocycles. The van der Waals surface area contributed by atoms with Crippen LogP contribution in [0.3, 0.4) is 0 Å². The van der Waals surface area contributed by atoms with Crippen molar-refractivity contribution in [1.29, 1.82) is 0 Å². The van der Waals surface area contributed by atoms with E-state index in [1.807, 2.05) is 0 Å². The fourth-order valence-corrected chi connectivity index (χ4v) is 4.83. The zero-order chi connectivity index (χ0) is 16.4. The first-order chi connectivity index (χ1) is 10.9. The van der Waals surface area contributed by atoms with Gasteiger partial charge >= 0.3 is 0 Å². The molecular weight excluding hydrogens is 357 g/mol. The Bertz CT molecular complexity index is 1070. The highest BCUT2D eigenvalue weighted by molar-refractivity contribution is 7.91. The predicted molar refractivity (Wildman–Crippen MR) is 89.8 cm³/mol. The van der Waals surface area contributed by atoms with E-state index in [1.54, 1.807) is 35.9 Å². The Balaban J connectivity index is 2.12. The summed E-state index contributed by atoms with van der Waals surface area (Å²) >= 11 is 12.2. The van der Waals surface area contributed by atoms with Gasteiger partial charge in [-0.1, -0.05) is 23.2 Å². The van der Waals surface area contributed by atoms with E-state index in [9.17, 15) is 8.42 Å². The third kappa shape index (κ3) is 2.24. The van der Waals surface area contributed by atoms with Gasteiger partial charge in [0.1, 0.15) is 16.7 Å². The van der Waals surface area contributed by atoms with Crippen LogP contribution in [0, 0.1) is 6.92 Å². The lowest BCUT2D eigenvalue weighted by molar-refractivity contribution is 0.575. The van der Waals surface area contributed by atoms with E-state index in [4.69, 9.17) is 23.2 Å².